The van der Waals surface area contributed by atoms with E-state index in [1.165, 1.54) is 0 Å². The summed E-state index contributed by atoms with van der Waals surface area (Å²) in [6, 6.07) is 0. The molecule has 0 aliphatic heterocycles. The van der Waals surface area contributed by atoms with E-state index in [1.54, 1.807) is 0 Å². The zero-order chi connectivity index (χ0) is 9.40. The van der Waals surface area contributed by atoms with Crippen LogP contribution in [0.2, 0.25) is 9.88 Å². The van der Waals surface area contributed by atoms with E-state index < -0.39 is 55.1 Å². The first-order valence-electron chi connectivity index (χ1n) is 3.14. The molecule has 4 radical (unpaired) electrons. The van der Waals surface area contributed by atoms with Crippen LogP contribution in [0.4, 0.5) is 0 Å². The van der Waals surface area contributed by atoms with Gasteiger partial charge in [0.05, 0.1) is 0 Å². The Morgan fingerprint density at radius 1 is 1.00 bits per heavy atom. The van der Waals surface area contributed by atoms with E-state index in [4.69, 9.17) is 6.15 Å². The molecular formula is C6H8O4Sn2. The Hall–Kier alpha value is 0.277. The Balaban J connectivity index is 3.73. The molecule has 0 unspecified atom stereocenters. The summed E-state index contributed by atoms with van der Waals surface area (Å²) >= 11 is -1.93. The van der Waals surface area contributed by atoms with Crippen LogP contribution in [0.3, 0.4) is 0 Å². The third-order valence-corrected chi connectivity index (χ3v) is 3.07. The van der Waals surface area contributed by atoms with Crippen LogP contribution in [-0.2, 0) is 15.7 Å². The van der Waals surface area contributed by atoms with E-state index in [1.807, 2.05) is 9.88 Å². The Morgan fingerprint density at radius 2 is 1.33 bits per heavy atom. The normalized spacial score (nSPS) is 9.83. The van der Waals surface area contributed by atoms with Crippen molar-refractivity contribution in [3.8, 4) is 0 Å². The van der Waals surface area contributed by atoms with Crippen molar-refractivity contribution >= 4 is 55.1 Å². The molecule has 0 bridgehead atoms. The number of hydrogen-bond donors (Lipinski definition) is 0. The number of carbonyl (C=O) groups is 2. The first-order chi connectivity index (χ1) is 5.70. The molecule has 6 heteroatoms. The molecule has 0 aliphatic carbocycles. The van der Waals surface area contributed by atoms with Gasteiger partial charge in [-0.1, -0.05) is 0 Å². The summed E-state index contributed by atoms with van der Waals surface area (Å²) < 4.78 is 9.44. The van der Waals surface area contributed by atoms with Gasteiger partial charge in [0, 0.05) is 0 Å². The van der Waals surface area contributed by atoms with E-state index in [2.05, 4.69) is 0 Å². The Morgan fingerprint density at radius 3 is 1.58 bits per heavy atom. The molecule has 64 valence electrons. The van der Waals surface area contributed by atoms with Crippen LogP contribution in [0.15, 0.2) is 12.2 Å². The summed E-state index contributed by atoms with van der Waals surface area (Å²) in [4.78, 5) is 25.1. The average molecular weight is 382 g/mol. The van der Waals surface area contributed by atoms with Crippen LogP contribution in [0.25, 0.3) is 0 Å². The van der Waals surface area contributed by atoms with Crippen molar-refractivity contribution in [2.45, 2.75) is 9.88 Å². The second-order valence-corrected chi connectivity index (χ2v) is 5.08. The zero-order valence-corrected chi connectivity index (χ0v) is 12.5. The van der Waals surface area contributed by atoms with Crippen LogP contribution in [-0.4, -0.2) is 55.1 Å². The molecule has 0 N–H and O–H groups in total. The fourth-order valence-corrected chi connectivity index (χ4v) is 1.94. The summed E-state index contributed by atoms with van der Waals surface area (Å²) in [6.07, 6.45) is 2.23. The molecule has 0 fully saturated rings. The van der Waals surface area contributed by atoms with E-state index in [0.29, 0.717) is 0 Å². The fourth-order valence-electron chi connectivity index (χ4n) is 0.405. The van der Waals surface area contributed by atoms with E-state index in [0.717, 1.165) is 12.2 Å². The van der Waals surface area contributed by atoms with Crippen LogP contribution in [0, 0.1) is 0 Å². The molecule has 0 aromatic rings. The van der Waals surface area contributed by atoms with Crippen molar-refractivity contribution in [1.82, 2.24) is 0 Å². The fraction of sp³-hybridized carbons (Fsp3) is 0.333. The average Bonchev–Trinajstić information content (AvgIpc) is 2.02. The standard InChI is InChI=1S/C4H4O4.2CH3.2Sn/c5-3(6)1-2-4(7)8;;;;/h1-2H,(H,5,6)(H,7,8);2*1H3;;/q;;;2*+1/p-2/b2-1-;;;;. The molecule has 0 aliphatic rings. The van der Waals surface area contributed by atoms with Crippen molar-refractivity contribution in [3.05, 3.63) is 12.2 Å². The third kappa shape index (κ3) is 6.96. The van der Waals surface area contributed by atoms with Crippen molar-refractivity contribution in [2.75, 3.05) is 0 Å². The van der Waals surface area contributed by atoms with Gasteiger partial charge in [-0.3, -0.25) is 0 Å². The molecule has 0 aromatic carbocycles. The predicted octanol–water partition coefficient (Wildman–Crippen LogP) is -0.0364. The van der Waals surface area contributed by atoms with E-state index in [9.17, 15) is 9.59 Å². The summed E-state index contributed by atoms with van der Waals surface area (Å²) in [5.41, 5.74) is 0. The van der Waals surface area contributed by atoms with Gasteiger partial charge in [0.15, 0.2) is 0 Å². The monoisotopic (exact) mass is 384 g/mol. The summed E-state index contributed by atoms with van der Waals surface area (Å²) in [5, 5.41) is 0. The summed E-state index contributed by atoms with van der Waals surface area (Å²) in [5.74, 6) is -0.884. The number of rotatable bonds is 4. The van der Waals surface area contributed by atoms with Crippen LogP contribution >= 0.6 is 0 Å². The van der Waals surface area contributed by atoms with E-state index >= 15 is 0 Å². The minimum atomic E-state index is -0.965. The second-order valence-electron chi connectivity index (χ2n) is 1.58. The molecule has 0 amide bonds. The minimum absolute atomic E-state index is 0.442. The quantitative estimate of drug-likeness (QED) is 0.507. The van der Waals surface area contributed by atoms with E-state index in [-0.39, 0.29) is 0 Å². The van der Waals surface area contributed by atoms with Gasteiger partial charge in [0.2, 0.25) is 0 Å². The van der Waals surface area contributed by atoms with Gasteiger partial charge < -0.3 is 0 Å². The molecule has 0 saturated heterocycles. The summed E-state index contributed by atoms with van der Waals surface area (Å²) in [7, 11) is 0. The molecule has 0 heterocycles. The van der Waals surface area contributed by atoms with Crippen LogP contribution in [0.1, 0.15) is 0 Å². The van der Waals surface area contributed by atoms with Crippen molar-refractivity contribution in [1.29, 1.82) is 0 Å². The van der Waals surface area contributed by atoms with Crippen molar-refractivity contribution in [2.24, 2.45) is 0 Å². The molecule has 0 rings (SSSR count). The molecule has 12 heavy (non-hydrogen) atoms. The van der Waals surface area contributed by atoms with Gasteiger partial charge >= 0.3 is 92.8 Å². The van der Waals surface area contributed by atoms with Gasteiger partial charge in [-0.15, -0.1) is 0 Å². The first-order valence-corrected chi connectivity index (χ1v) is 11.2. The predicted molar refractivity (Wildman–Crippen MR) is 44.6 cm³/mol. The molecule has 0 spiro atoms. The van der Waals surface area contributed by atoms with Gasteiger partial charge in [0.1, 0.15) is 0 Å². The maximum atomic E-state index is 10.7. The van der Waals surface area contributed by atoms with Crippen LogP contribution in [0.5, 0.6) is 0 Å². The molecule has 0 saturated carbocycles. The number of carbonyl (C=O) groups excluding carboxylic acids is 2. The van der Waals surface area contributed by atoms with Gasteiger partial charge in [-0.05, 0) is 0 Å². The third-order valence-electron chi connectivity index (χ3n) is 0.761. The Bertz CT molecular complexity index is 170. The van der Waals surface area contributed by atoms with Crippen molar-refractivity contribution in [3.63, 3.8) is 0 Å². The summed E-state index contributed by atoms with van der Waals surface area (Å²) in [6.45, 7) is 0. The second kappa shape index (κ2) is 7.90. The molecule has 4 nitrogen and oxygen atoms in total. The van der Waals surface area contributed by atoms with Gasteiger partial charge in [-0.25, -0.2) is 0 Å². The molecule has 0 aromatic heterocycles. The Labute approximate surface area is 92.2 Å². The van der Waals surface area contributed by atoms with Gasteiger partial charge in [-0.2, -0.15) is 0 Å². The topological polar surface area (TPSA) is 52.6 Å². The Kier molecular flexibility index (Phi) is 8.09. The molecule has 0 atom stereocenters. The van der Waals surface area contributed by atoms with Crippen molar-refractivity contribution < 1.29 is 15.7 Å². The molecular weight excluding hydrogens is 373 g/mol. The zero-order valence-electron chi connectivity index (χ0n) is 6.79. The maximum absolute atomic E-state index is 10.7. The number of hydrogen-bond acceptors (Lipinski definition) is 4. The van der Waals surface area contributed by atoms with Gasteiger partial charge in [0.25, 0.3) is 0 Å². The first kappa shape index (κ1) is 12.3. The SMILES string of the molecule is [CH3][Sn][O]C(=O)/C=C\C(=O)[O][Sn][CH3]. The van der Waals surface area contributed by atoms with Crippen LogP contribution < -0.4 is 0 Å².